The van der Waals surface area contributed by atoms with Gasteiger partial charge in [0, 0.05) is 22.9 Å². The summed E-state index contributed by atoms with van der Waals surface area (Å²) in [5, 5.41) is 10.7. The van der Waals surface area contributed by atoms with E-state index in [1.165, 1.54) is 11.0 Å². The number of amides is 2. The molecule has 0 unspecified atom stereocenters. The lowest BCUT2D eigenvalue weighted by atomic mass is 9.44. The third-order valence-electron chi connectivity index (χ3n) is 10.7. The summed E-state index contributed by atoms with van der Waals surface area (Å²) >= 11 is 0. The molecule has 0 radical (unpaired) electrons. The average molecular weight is 630 g/mol. The van der Waals surface area contributed by atoms with Crippen LogP contribution in [0.1, 0.15) is 63.1 Å². The summed E-state index contributed by atoms with van der Waals surface area (Å²) in [7, 11) is 0. The summed E-state index contributed by atoms with van der Waals surface area (Å²) in [6, 6.07) is 23.8. The Balaban J connectivity index is 1.51. The number of Topliss-reactive ketones (excluding diaryl/α,β-unsaturated/α-hetero) is 1. The van der Waals surface area contributed by atoms with Crippen LogP contribution < -0.4 is 4.74 Å². The van der Waals surface area contributed by atoms with E-state index >= 15 is 4.79 Å². The van der Waals surface area contributed by atoms with E-state index in [9.17, 15) is 19.5 Å². The van der Waals surface area contributed by atoms with Gasteiger partial charge >= 0.3 is 0 Å². The van der Waals surface area contributed by atoms with E-state index in [2.05, 4.69) is 6.08 Å². The number of ether oxygens (including phenoxy) is 1. The van der Waals surface area contributed by atoms with Gasteiger partial charge in [-0.25, -0.2) is 0 Å². The van der Waals surface area contributed by atoms with Crippen LogP contribution >= 0.6 is 0 Å². The maximum absolute atomic E-state index is 15.1. The first-order valence-corrected chi connectivity index (χ1v) is 16.4. The van der Waals surface area contributed by atoms with Crippen LogP contribution in [0.5, 0.6) is 11.5 Å². The Labute approximate surface area is 274 Å². The maximum atomic E-state index is 15.1. The third-order valence-corrected chi connectivity index (χ3v) is 10.7. The van der Waals surface area contributed by atoms with Crippen LogP contribution in [0.25, 0.3) is 5.57 Å². The number of hydrogen-bond acceptors (Lipinski definition) is 6. The first-order valence-electron chi connectivity index (χ1n) is 16.4. The number of nitrogens with zero attached hydrogens (tertiary/aromatic N) is 1. The molecule has 1 saturated heterocycles. The number of allylic oxidation sites excluding steroid dienone is 4. The van der Waals surface area contributed by atoms with E-state index in [1.807, 2.05) is 88.4 Å². The first-order chi connectivity index (χ1) is 22.5. The van der Waals surface area contributed by atoms with E-state index in [1.54, 1.807) is 18.2 Å². The number of imide groups is 1. The topological polar surface area (TPSA) is 101 Å². The van der Waals surface area contributed by atoms with Crippen molar-refractivity contribution in [3.8, 4) is 11.5 Å². The molecule has 7 rings (SSSR count). The molecule has 6 atom stereocenters. The van der Waals surface area contributed by atoms with Gasteiger partial charge in [-0.2, -0.15) is 0 Å². The predicted molar refractivity (Wildman–Crippen MR) is 177 cm³/mol. The molecule has 0 spiro atoms. The van der Waals surface area contributed by atoms with E-state index in [-0.39, 0.29) is 41.3 Å². The van der Waals surface area contributed by atoms with E-state index < -0.39 is 40.5 Å². The van der Waals surface area contributed by atoms with Crippen LogP contribution in [0.15, 0.2) is 96.6 Å². The zero-order valence-corrected chi connectivity index (χ0v) is 27.1. The van der Waals surface area contributed by atoms with Crippen molar-refractivity contribution in [2.24, 2.45) is 23.7 Å². The van der Waals surface area contributed by atoms with Gasteiger partial charge in [-0.15, -0.1) is 0 Å². The summed E-state index contributed by atoms with van der Waals surface area (Å²) in [6.45, 7) is 7.75. The fourth-order valence-corrected chi connectivity index (χ4v) is 8.89. The maximum Gasteiger partial charge on any atom is 0.234 e. The zero-order valence-electron chi connectivity index (χ0n) is 27.1. The highest BCUT2D eigenvalue weighted by Gasteiger charge is 2.66. The van der Waals surface area contributed by atoms with Crippen molar-refractivity contribution in [2.45, 2.75) is 57.4 Å². The molecule has 240 valence electrons. The number of fused-ring (bicyclic) bond motifs is 4. The van der Waals surface area contributed by atoms with Gasteiger partial charge in [0.2, 0.25) is 11.8 Å². The van der Waals surface area contributed by atoms with Crippen LogP contribution in [-0.4, -0.2) is 45.5 Å². The van der Waals surface area contributed by atoms with Crippen molar-refractivity contribution >= 4 is 29.0 Å². The quantitative estimate of drug-likeness (QED) is 0.259. The zero-order chi connectivity index (χ0) is 33.2. The Morgan fingerprint density at radius 1 is 0.894 bits per heavy atom. The summed E-state index contributed by atoms with van der Waals surface area (Å²) in [4.78, 5) is 59.5. The Hall–Kier alpha value is -4.78. The number of phenols is 1. The van der Waals surface area contributed by atoms with Crippen molar-refractivity contribution in [2.75, 3.05) is 6.61 Å². The molecule has 2 amide bonds. The minimum absolute atomic E-state index is 0.0272. The molecule has 7 nitrogen and oxygen atoms in total. The minimum atomic E-state index is -1.33. The highest BCUT2D eigenvalue weighted by Crippen LogP contribution is 2.64. The summed E-state index contributed by atoms with van der Waals surface area (Å²) in [5.41, 5.74) is 1.30. The largest absolute Gasteiger partial charge is 0.504 e. The number of rotatable bonds is 5. The fourth-order valence-electron chi connectivity index (χ4n) is 8.89. The molecule has 7 heteroatoms. The van der Waals surface area contributed by atoms with Crippen LogP contribution in [0, 0.1) is 23.7 Å². The predicted octanol–water partition coefficient (Wildman–Crippen LogP) is 6.41. The van der Waals surface area contributed by atoms with Crippen molar-refractivity contribution in [1.29, 1.82) is 0 Å². The lowest BCUT2D eigenvalue weighted by Gasteiger charge is -2.55. The minimum Gasteiger partial charge on any atom is -0.504 e. The first kappa shape index (κ1) is 30.9. The van der Waals surface area contributed by atoms with Gasteiger partial charge in [0.05, 0.1) is 23.9 Å². The molecule has 1 N–H and O–H groups in total. The van der Waals surface area contributed by atoms with Crippen LogP contribution in [0.2, 0.25) is 0 Å². The number of hydrogen-bond donors (Lipinski definition) is 1. The SMILES string of the molecule is CCOc1cc([C@H]2C3=CC[C@@H]4C(=O)N(C(C)(C)C)C(=O)[C@@H]4[C@@H]3C[C@H]3C(=O)C(c4ccccc4)=CC(=O)[C@@]23c2ccccc2)ccc1O. The highest BCUT2D eigenvalue weighted by molar-refractivity contribution is 6.31. The standard InChI is InChI=1S/C40H39NO6/c1-5-47-32-20-24(16-19-31(32)42)35-26-17-18-27-34(38(46)41(37(27)45)39(2,3)4)29(26)21-30-36(44)28(23-12-8-6-9-13-23)22-33(43)40(30,35)25-14-10-7-11-15-25/h6-17,19-20,22,27,29-30,34-35,42H,5,18,21H2,1-4H3/t27-,29+,30-,34-,35-,40-/m0/s1. The van der Waals surface area contributed by atoms with Gasteiger partial charge in [0.25, 0.3) is 0 Å². The molecule has 4 aliphatic rings. The highest BCUT2D eigenvalue weighted by atomic mass is 16.5. The van der Waals surface area contributed by atoms with Gasteiger partial charge in [-0.3, -0.25) is 24.1 Å². The van der Waals surface area contributed by atoms with Crippen molar-refractivity contribution < 1.29 is 29.0 Å². The van der Waals surface area contributed by atoms with E-state index in [4.69, 9.17) is 4.74 Å². The average Bonchev–Trinajstić information content (AvgIpc) is 3.33. The second kappa shape index (κ2) is 11.2. The number of benzene rings is 3. The molecule has 1 saturated carbocycles. The fraction of sp³-hybridized carbons (Fsp3) is 0.350. The van der Waals surface area contributed by atoms with Gasteiger partial charge in [-0.1, -0.05) is 78.4 Å². The lowest BCUT2D eigenvalue weighted by molar-refractivity contribution is -0.145. The van der Waals surface area contributed by atoms with Crippen LogP contribution in [0.4, 0.5) is 0 Å². The summed E-state index contributed by atoms with van der Waals surface area (Å²) in [6.07, 6.45) is 4.18. The van der Waals surface area contributed by atoms with Gasteiger partial charge < -0.3 is 9.84 Å². The molecule has 2 fully saturated rings. The third kappa shape index (κ3) is 4.54. The number of carbonyl (C=O) groups excluding carboxylic acids is 4. The lowest BCUT2D eigenvalue weighted by Crippen LogP contribution is -2.59. The molecular formula is C40H39NO6. The number of likely N-dealkylation sites (tertiary alicyclic amines) is 1. The normalized spacial score (nSPS) is 28.7. The van der Waals surface area contributed by atoms with Crippen molar-refractivity contribution in [3.05, 3.63) is 113 Å². The Bertz CT molecular complexity index is 1850. The number of phenolic OH excluding ortho intramolecular Hbond substituents is 1. The Kier molecular flexibility index (Phi) is 7.34. The molecule has 1 heterocycles. The second-order valence-corrected chi connectivity index (χ2v) is 14.1. The number of carbonyl (C=O) groups is 4. The Morgan fingerprint density at radius 3 is 2.23 bits per heavy atom. The van der Waals surface area contributed by atoms with Crippen LogP contribution in [0.3, 0.4) is 0 Å². The van der Waals surface area contributed by atoms with Gasteiger partial charge in [0.1, 0.15) is 0 Å². The summed E-state index contributed by atoms with van der Waals surface area (Å²) in [5.74, 6) is -3.59. The number of ketones is 2. The van der Waals surface area contributed by atoms with Crippen molar-refractivity contribution in [3.63, 3.8) is 0 Å². The number of aromatic hydroxyl groups is 1. The smallest absolute Gasteiger partial charge is 0.234 e. The molecule has 1 aliphatic heterocycles. The second-order valence-electron chi connectivity index (χ2n) is 14.1. The molecule has 0 aromatic heterocycles. The monoisotopic (exact) mass is 629 g/mol. The van der Waals surface area contributed by atoms with E-state index in [0.29, 0.717) is 29.7 Å². The molecule has 3 aromatic carbocycles. The van der Waals surface area contributed by atoms with Crippen molar-refractivity contribution in [1.82, 2.24) is 4.90 Å². The van der Waals surface area contributed by atoms with E-state index in [0.717, 1.165) is 11.1 Å². The van der Waals surface area contributed by atoms with Crippen LogP contribution in [-0.2, 0) is 24.6 Å². The Morgan fingerprint density at radius 2 is 1.57 bits per heavy atom. The molecular weight excluding hydrogens is 590 g/mol. The summed E-state index contributed by atoms with van der Waals surface area (Å²) < 4.78 is 5.81. The molecule has 3 aromatic rings. The molecule has 0 bridgehead atoms. The van der Waals surface area contributed by atoms with Gasteiger partial charge in [0.15, 0.2) is 23.1 Å². The van der Waals surface area contributed by atoms with Gasteiger partial charge in [-0.05, 0) is 81.4 Å². The molecule has 47 heavy (non-hydrogen) atoms. The molecule has 3 aliphatic carbocycles.